The fraction of sp³-hybridized carbons (Fsp3) is 0.429. The minimum atomic E-state index is -1.03. The monoisotopic (exact) mass is 298 g/mol. The van der Waals surface area contributed by atoms with Crippen LogP contribution in [0.5, 0.6) is 0 Å². The van der Waals surface area contributed by atoms with Crippen LogP contribution in [0.4, 0.5) is 4.79 Å². The first kappa shape index (κ1) is 16.3. The number of hydrogen-bond donors (Lipinski definition) is 3. The molecular weight excluding hydrogens is 280 g/mol. The molecule has 110 valence electrons. The predicted molar refractivity (Wildman–Crippen MR) is 77.9 cm³/mol. The summed E-state index contributed by atoms with van der Waals surface area (Å²) in [4.78, 5) is 22.8. The number of rotatable bonds is 6. The molecule has 0 fully saturated rings. The average molecular weight is 299 g/mol. The largest absolute Gasteiger partial charge is 0.480 e. The van der Waals surface area contributed by atoms with Crippen LogP contribution in [-0.2, 0) is 4.79 Å². The van der Waals surface area contributed by atoms with Crippen molar-refractivity contribution in [3.8, 4) is 0 Å². The zero-order valence-electron chi connectivity index (χ0n) is 11.5. The summed E-state index contributed by atoms with van der Waals surface area (Å²) >= 11 is 6.04. The maximum atomic E-state index is 11.8. The lowest BCUT2D eigenvalue weighted by molar-refractivity contribution is -0.139. The minimum absolute atomic E-state index is 0.306. The first-order valence-corrected chi connectivity index (χ1v) is 6.87. The van der Waals surface area contributed by atoms with Gasteiger partial charge in [-0.25, -0.2) is 9.59 Å². The molecule has 2 amide bonds. The highest BCUT2D eigenvalue weighted by Crippen LogP contribution is 2.21. The van der Waals surface area contributed by atoms with E-state index in [-0.39, 0.29) is 6.04 Å². The van der Waals surface area contributed by atoms with E-state index >= 15 is 0 Å². The summed E-state index contributed by atoms with van der Waals surface area (Å²) in [7, 11) is 0. The molecule has 0 aliphatic heterocycles. The number of urea groups is 1. The molecule has 0 heterocycles. The van der Waals surface area contributed by atoms with Gasteiger partial charge in [0.05, 0.1) is 6.04 Å². The number of hydrogen-bond acceptors (Lipinski definition) is 2. The number of benzene rings is 1. The Morgan fingerprint density at radius 2 is 1.95 bits per heavy atom. The van der Waals surface area contributed by atoms with Crippen LogP contribution in [0.1, 0.15) is 38.3 Å². The summed E-state index contributed by atoms with van der Waals surface area (Å²) in [6.45, 7) is 3.65. The molecule has 20 heavy (non-hydrogen) atoms. The van der Waals surface area contributed by atoms with E-state index in [0.29, 0.717) is 17.9 Å². The highest BCUT2D eigenvalue weighted by molar-refractivity contribution is 6.31. The van der Waals surface area contributed by atoms with Gasteiger partial charge in [0.15, 0.2) is 0 Å². The number of halogens is 1. The topological polar surface area (TPSA) is 78.4 Å². The highest BCUT2D eigenvalue weighted by atomic mass is 35.5. The van der Waals surface area contributed by atoms with Gasteiger partial charge in [-0.05, 0) is 25.0 Å². The Bertz CT molecular complexity index is 479. The second kappa shape index (κ2) is 7.75. The van der Waals surface area contributed by atoms with Crippen molar-refractivity contribution in [2.45, 2.75) is 38.8 Å². The molecule has 3 N–H and O–H groups in total. The summed E-state index contributed by atoms with van der Waals surface area (Å²) in [5, 5.41) is 14.7. The van der Waals surface area contributed by atoms with E-state index in [2.05, 4.69) is 10.6 Å². The Kier molecular flexibility index (Phi) is 6.31. The zero-order valence-corrected chi connectivity index (χ0v) is 12.3. The minimum Gasteiger partial charge on any atom is -0.480 e. The van der Waals surface area contributed by atoms with Crippen LogP contribution in [-0.4, -0.2) is 23.1 Å². The van der Waals surface area contributed by atoms with Crippen LogP contribution < -0.4 is 10.6 Å². The molecule has 6 heteroatoms. The van der Waals surface area contributed by atoms with Crippen molar-refractivity contribution in [1.29, 1.82) is 0 Å². The maximum Gasteiger partial charge on any atom is 0.326 e. The molecule has 0 saturated carbocycles. The van der Waals surface area contributed by atoms with E-state index < -0.39 is 18.0 Å². The van der Waals surface area contributed by atoms with Crippen LogP contribution in [0.2, 0.25) is 5.02 Å². The van der Waals surface area contributed by atoms with Gasteiger partial charge < -0.3 is 15.7 Å². The zero-order chi connectivity index (χ0) is 15.1. The summed E-state index contributed by atoms with van der Waals surface area (Å²) in [6, 6.07) is 5.49. The summed E-state index contributed by atoms with van der Waals surface area (Å²) in [5.41, 5.74) is 0.784. The third kappa shape index (κ3) is 4.74. The lowest BCUT2D eigenvalue weighted by atomic mass is 10.1. The standard InChI is InChI=1S/C14H19ClN2O3/c1-3-6-12(13(18)19)17-14(20)16-9(2)10-7-4-5-8-11(10)15/h4-5,7-9,12H,3,6H2,1-2H3,(H,18,19)(H2,16,17,20). The van der Waals surface area contributed by atoms with Gasteiger partial charge in [0.25, 0.3) is 0 Å². The van der Waals surface area contributed by atoms with Crippen molar-refractivity contribution in [2.24, 2.45) is 0 Å². The lowest BCUT2D eigenvalue weighted by Gasteiger charge is -2.19. The third-order valence-electron chi connectivity index (χ3n) is 2.90. The van der Waals surface area contributed by atoms with Crippen molar-refractivity contribution < 1.29 is 14.7 Å². The Morgan fingerprint density at radius 1 is 1.30 bits per heavy atom. The lowest BCUT2D eigenvalue weighted by Crippen LogP contribution is -2.46. The molecule has 0 aromatic heterocycles. The number of carbonyl (C=O) groups excluding carboxylic acids is 1. The van der Waals surface area contributed by atoms with Gasteiger partial charge in [0, 0.05) is 5.02 Å². The molecule has 2 atom stereocenters. The molecule has 2 unspecified atom stereocenters. The van der Waals surface area contributed by atoms with Gasteiger partial charge >= 0.3 is 12.0 Å². The van der Waals surface area contributed by atoms with E-state index in [0.717, 1.165) is 5.56 Å². The van der Waals surface area contributed by atoms with Gasteiger partial charge in [-0.3, -0.25) is 0 Å². The van der Waals surface area contributed by atoms with Gasteiger partial charge in [0.1, 0.15) is 6.04 Å². The van der Waals surface area contributed by atoms with Crippen LogP contribution in [0.15, 0.2) is 24.3 Å². The third-order valence-corrected chi connectivity index (χ3v) is 3.24. The molecular formula is C14H19ClN2O3. The van der Waals surface area contributed by atoms with Crippen molar-refractivity contribution in [1.82, 2.24) is 10.6 Å². The predicted octanol–water partition coefficient (Wildman–Crippen LogP) is 2.95. The van der Waals surface area contributed by atoms with Gasteiger partial charge in [-0.1, -0.05) is 43.1 Å². The number of nitrogens with one attached hydrogen (secondary N) is 2. The van der Waals surface area contributed by atoms with Crippen LogP contribution >= 0.6 is 11.6 Å². The van der Waals surface area contributed by atoms with E-state index in [1.807, 2.05) is 19.1 Å². The Balaban J connectivity index is 2.62. The van der Waals surface area contributed by atoms with Gasteiger partial charge in [-0.15, -0.1) is 0 Å². The maximum absolute atomic E-state index is 11.8. The molecule has 0 saturated heterocycles. The van der Waals surface area contributed by atoms with Crippen molar-refractivity contribution >= 4 is 23.6 Å². The summed E-state index contributed by atoms with van der Waals surface area (Å²) in [6.07, 6.45) is 1.07. The van der Waals surface area contributed by atoms with E-state index in [1.54, 1.807) is 19.1 Å². The number of amides is 2. The smallest absolute Gasteiger partial charge is 0.326 e. The molecule has 0 aliphatic carbocycles. The number of aliphatic carboxylic acids is 1. The first-order chi connectivity index (χ1) is 9.45. The molecule has 0 radical (unpaired) electrons. The number of carbonyl (C=O) groups is 2. The molecule has 0 aliphatic rings. The van der Waals surface area contributed by atoms with Crippen LogP contribution in [0.25, 0.3) is 0 Å². The Morgan fingerprint density at radius 3 is 2.50 bits per heavy atom. The van der Waals surface area contributed by atoms with Crippen molar-refractivity contribution in [3.05, 3.63) is 34.9 Å². The van der Waals surface area contributed by atoms with Crippen LogP contribution in [0.3, 0.4) is 0 Å². The molecule has 1 aromatic rings. The average Bonchev–Trinajstić information content (AvgIpc) is 2.38. The van der Waals surface area contributed by atoms with Crippen molar-refractivity contribution in [3.63, 3.8) is 0 Å². The van der Waals surface area contributed by atoms with Crippen molar-refractivity contribution in [2.75, 3.05) is 0 Å². The molecule has 1 rings (SSSR count). The second-order valence-corrected chi connectivity index (χ2v) is 4.95. The Labute approximate surface area is 123 Å². The van der Waals surface area contributed by atoms with E-state index in [4.69, 9.17) is 16.7 Å². The molecule has 5 nitrogen and oxygen atoms in total. The van der Waals surface area contributed by atoms with E-state index in [1.165, 1.54) is 0 Å². The van der Waals surface area contributed by atoms with E-state index in [9.17, 15) is 9.59 Å². The SMILES string of the molecule is CCCC(NC(=O)NC(C)c1ccccc1Cl)C(=O)O. The Hall–Kier alpha value is -1.75. The summed E-state index contributed by atoms with van der Waals surface area (Å²) in [5.74, 6) is -1.03. The second-order valence-electron chi connectivity index (χ2n) is 4.54. The first-order valence-electron chi connectivity index (χ1n) is 6.50. The normalized spacial score (nSPS) is 13.3. The quantitative estimate of drug-likeness (QED) is 0.755. The van der Waals surface area contributed by atoms with Gasteiger partial charge in [-0.2, -0.15) is 0 Å². The fourth-order valence-electron chi connectivity index (χ4n) is 1.85. The molecule has 0 spiro atoms. The number of carboxylic acid groups (broad SMARTS) is 1. The number of carboxylic acids is 1. The van der Waals surface area contributed by atoms with Crippen LogP contribution in [0, 0.1) is 0 Å². The molecule has 0 bridgehead atoms. The molecule has 1 aromatic carbocycles. The summed E-state index contributed by atoms with van der Waals surface area (Å²) < 4.78 is 0. The van der Waals surface area contributed by atoms with Gasteiger partial charge in [0.2, 0.25) is 0 Å². The highest BCUT2D eigenvalue weighted by Gasteiger charge is 2.20. The fourth-order valence-corrected chi connectivity index (χ4v) is 2.15.